The Morgan fingerprint density at radius 1 is 1.40 bits per heavy atom. The van der Waals surface area contributed by atoms with Gasteiger partial charge in [-0.05, 0) is 5.92 Å². The molecular formula is C6H5N3S. The predicted octanol–water partition coefficient (Wildman–Crippen LogP) is 0.220. The van der Waals surface area contributed by atoms with Crippen LogP contribution < -0.4 is 4.72 Å². The van der Waals surface area contributed by atoms with Gasteiger partial charge in [0.05, 0.1) is 5.56 Å². The first-order chi connectivity index (χ1) is 4.93. The lowest BCUT2D eigenvalue weighted by Crippen LogP contribution is -1.84. The molecule has 10 heavy (non-hydrogen) atoms. The molecule has 0 aliphatic rings. The van der Waals surface area contributed by atoms with E-state index >= 15 is 0 Å². The Kier molecular flexibility index (Phi) is 2.59. The Bertz CT molecular complexity index is 249. The van der Waals surface area contributed by atoms with Crippen LogP contribution in [0.4, 0.5) is 0 Å². The highest BCUT2D eigenvalue weighted by Crippen LogP contribution is 1.86. The highest BCUT2D eigenvalue weighted by molar-refractivity contribution is 7.78. The molecule has 0 unspecified atom stereocenters. The van der Waals surface area contributed by atoms with Gasteiger partial charge in [-0.3, -0.25) is 4.72 Å². The Morgan fingerprint density at radius 2 is 2.10 bits per heavy atom. The van der Waals surface area contributed by atoms with Crippen molar-refractivity contribution in [2.45, 2.75) is 0 Å². The van der Waals surface area contributed by atoms with Crippen molar-refractivity contribution >= 4 is 12.8 Å². The molecule has 0 atom stereocenters. The van der Waals surface area contributed by atoms with Crippen molar-refractivity contribution in [3.63, 3.8) is 0 Å². The number of thiol groups is 1. The van der Waals surface area contributed by atoms with Crippen LogP contribution in [0.2, 0.25) is 0 Å². The maximum Gasteiger partial charge on any atom is 0.115 e. The molecule has 0 amide bonds. The quantitative estimate of drug-likeness (QED) is 0.316. The van der Waals surface area contributed by atoms with E-state index < -0.39 is 0 Å². The van der Waals surface area contributed by atoms with Gasteiger partial charge in [0, 0.05) is 18.4 Å². The van der Waals surface area contributed by atoms with Gasteiger partial charge >= 0.3 is 0 Å². The van der Waals surface area contributed by atoms with Crippen LogP contribution in [0.15, 0.2) is 18.7 Å². The summed E-state index contributed by atoms with van der Waals surface area (Å²) in [5, 5.41) is 0. The molecule has 0 saturated carbocycles. The third kappa shape index (κ3) is 1.96. The molecule has 0 aromatic carbocycles. The van der Waals surface area contributed by atoms with Crippen molar-refractivity contribution in [1.82, 2.24) is 14.7 Å². The maximum absolute atomic E-state index is 3.77. The van der Waals surface area contributed by atoms with Gasteiger partial charge in [0.2, 0.25) is 0 Å². The number of nitrogens with zero attached hydrogens (tertiary/aromatic N) is 2. The fourth-order valence-electron chi connectivity index (χ4n) is 0.464. The van der Waals surface area contributed by atoms with Crippen LogP contribution in [-0.2, 0) is 0 Å². The first-order valence-electron chi connectivity index (χ1n) is 2.58. The fraction of sp³-hybridized carbons (Fsp3) is 0. The van der Waals surface area contributed by atoms with Gasteiger partial charge in [0.1, 0.15) is 6.33 Å². The summed E-state index contributed by atoms with van der Waals surface area (Å²) in [6.07, 6.45) is 4.72. The Labute approximate surface area is 64.4 Å². The lowest BCUT2D eigenvalue weighted by molar-refractivity contribution is 1.16. The number of nitrogens with one attached hydrogen (secondary N) is 1. The molecule has 0 saturated heterocycles. The number of rotatable bonds is 0. The zero-order valence-electron chi connectivity index (χ0n) is 5.07. The van der Waals surface area contributed by atoms with E-state index in [-0.39, 0.29) is 0 Å². The molecule has 0 fully saturated rings. The van der Waals surface area contributed by atoms with Crippen molar-refractivity contribution in [2.24, 2.45) is 0 Å². The molecule has 0 radical (unpaired) electrons. The summed E-state index contributed by atoms with van der Waals surface area (Å²) in [5.74, 6) is 2.73. The molecule has 4 heteroatoms. The minimum atomic E-state index is 0.768. The van der Waals surface area contributed by atoms with E-state index in [9.17, 15) is 0 Å². The van der Waals surface area contributed by atoms with Crippen LogP contribution in [0.5, 0.6) is 0 Å². The van der Waals surface area contributed by atoms with Gasteiger partial charge in [-0.25, -0.2) is 9.97 Å². The minimum Gasteiger partial charge on any atom is -0.291 e. The smallest absolute Gasteiger partial charge is 0.115 e. The van der Waals surface area contributed by atoms with E-state index in [0.717, 1.165) is 5.56 Å². The Hall–Kier alpha value is -1.21. The summed E-state index contributed by atoms with van der Waals surface area (Å²) in [7, 11) is 0. The number of hydrogen-bond acceptors (Lipinski definition) is 4. The molecule has 3 nitrogen and oxygen atoms in total. The van der Waals surface area contributed by atoms with Crippen molar-refractivity contribution in [3.8, 4) is 12.0 Å². The molecule has 0 aliphatic carbocycles. The molecule has 1 N–H and O–H groups in total. The van der Waals surface area contributed by atoms with Crippen LogP contribution in [0.1, 0.15) is 5.56 Å². The summed E-state index contributed by atoms with van der Waals surface area (Å²) in [6, 6.07) is 2.55. The number of aromatic nitrogens is 2. The fourth-order valence-corrected chi connectivity index (χ4v) is 0.520. The van der Waals surface area contributed by atoms with Gasteiger partial charge in [-0.15, -0.1) is 0 Å². The standard InChI is InChI=1S/C6H5N3S/c10-9-2-1-6-3-7-5-8-4-6/h3-5,9-10H. The largest absolute Gasteiger partial charge is 0.291 e. The van der Waals surface area contributed by atoms with Crippen molar-refractivity contribution in [2.75, 3.05) is 0 Å². The van der Waals surface area contributed by atoms with Gasteiger partial charge in [-0.2, -0.15) is 0 Å². The first-order valence-corrected chi connectivity index (χ1v) is 3.03. The zero-order valence-corrected chi connectivity index (χ0v) is 5.97. The lowest BCUT2D eigenvalue weighted by atomic mass is 10.4. The molecule has 1 aromatic rings. The van der Waals surface area contributed by atoms with E-state index in [1.54, 1.807) is 12.4 Å². The molecule has 0 aliphatic heterocycles. The lowest BCUT2D eigenvalue weighted by Gasteiger charge is -1.83. The molecule has 1 aromatic heterocycles. The van der Waals surface area contributed by atoms with E-state index in [2.05, 4.69) is 39.5 Å². The van der Waals surface area contributed by atoms with E-state index in [0.29, 0.717) is 0 Å². The Morgan fingerprint density at radius 3 is 2.70 bits per heavy atom. The van der Waals surface area contributed by atoms with Crippen LogP contribution in [0.3, 0.4) is 0 Å². The van der Waals surface area contributed by atoms with Crippen LogP contribution in [0, 0.1) is 12.0 Å². The second-order valence-corrected chi connectivity index (χ2v) is 1.71. The van der Waals surface area contributed by atoms with E-state index in [1.807, 2.05) is 0 Å². The molecule has 1 rings (SSSR count). The third-order valence-corrected chi connectivity index (χ3v) is 0.935. The highest BCUT2D eigenvalue weighted by atomic mass is 32.1. The van der Waals surface area contributed by atoms with Crippen molar-refractivity contribution < 1.29 is 0 Å². The second-order valence-electron chi connectivity index (χ2n) is 1.49. The molecule has 0 spiro atoms. The SMILES string of the molecule is SNC#Cc1cncnc1. The monoisotopic (exact) mass is 151 g/mol. The van der Waals surface area contributed by atoms with Crippen LogP contribution in [-0.4, -0.2) is 9.97 Å². The summed E-state index contributed by atoms with van der Waals surface area (Å²) in [4.78, 5) is 7.54. The normalized spacial score (nSPS) is 7.70. The number of hydrogen-bond donors (Lipinski definition) is 2. The van der Waals surface area contributed by atoms with Gasteiger partial charge in [0.25, 0.3) is 0 Å². The van der Waals surface area contributed by atoms with Crippen LogP contribution >= 0.6 is 12.8 Å². The molecule has 0 bridgehead atoms. The van der Waals surface area contributed by atoms with Gasteiger partial charge < -0.3 is 0 Å². The molecule has 1 heterocycles. The van der Waals surface area contributed by atoms with E-state index in [1.165, 1.54) is 6.33 Å². The van der Waals surface area contributed by atoms with Crippen LogP contribution in [0.25, 0.3) is 0 Å². The van der Waals surface area contributed by atoms with Crippen molar-refractivity contribution in [3.05, 3.63) is 24.3 Å². The summed E-state index contributed by atoms with van der Waals surface area (Å²) in [6.45, 7) is 0. The Balaban J connectivity index is 2.76. The molecular weight excluding hydrogens is 146 g/mol. The van der Waals surface area contributed by atoms with E-state index in [4.69, 9.17) is 0 Å². The molecule has 50 valence electrons. The summed E-state index contributed by atoms with van der Waals surface area (Å²) >= 11 is 3.69. The topological polar surface area (TPSA) is 37.8 Å². The minimum absolute atomic E-state index is 0.768. The summed E-state index contributed by atoms with van der Waals surface area (Å²) < 4.78 is 2.39. The van der Waals surface area contributed by atoms with Gasteiger partial charge in [0.15, 0.2) is 0 Å². The second kappa shape index (κ2) is 3.75. The zero-order chi connectivity index (χ0) is 7.23. The predicted molar refractivity (Wildman–Crippen MR) is 41.0 cm³/mol. The third-order valence-electron chi connectivity index (χ3n) is 0.823. The highest BCUT2D eigenvalue weighted by Gasteiger charge is 1.81. The first kappa shape index (κ1) is 6.90. The van der Waals surface area contributed by atoms with Gasteiger partial charge in [-0.1, -0.05) is 12.8 Å². The average Bonchev–Trinajstić information content (AvgIpc) is 2.03. The maximum atomic E-state index is 3.77. The summed E-state index contributed by atoms with van der Waals surface area (Å²) in [5.41, 5.74) is 0.768. The van der Waals surface area contributed by atoms with Crippen molar-refractivity contribution in [1.29, 1.82) is 0 Å². The average molecular weight is 151 g/mol.